The van der Waals surface area contributed by atoms with Crippen LogP contribution >= 0.6 is 11.8 Å². The molecule has 7 atom stereocenters. The van der Waals surface area contributed by atoms with Crippen LogP contribution in [-0.2, 0) is 9.47 Å². The number of nitrogens with zero attached hydrogens (tertiary/aromatic N) is 2. The van der Waals surface area contributed by atoms with Crippen molar-refractivity contribution < 1.29 is 32.9 Å². The average molecular weight is 584 g/mol. The van der Waals surface area contributed by atoms with E-state index in [2.05, 4.69) is 17.6 Å². The lowest BCUT2D eigenvalue weighted by atomic mass is 9.88. The summed E-state index contributed by atoms with van der Waals surface area (Å²) in [6, 6.07) is 4.03. The first-order chi connectivity index (χ1) is 19.1. The van der Waals surface area contributed by atoms with Gasteiger partial charge >= 0.3 is 0 Å². The number of rotatable bonds is 13. The number of ether oxygens (including phenoxy) is 2. The predicted octanol–water partition coefficient (Wildman–Crippen LogP) is 4.66. The molecule has 220 valence electrons. The second-order valence-electron chi connectivity index (χ2n) is 11.4. The third-order valence-electron chi connectivity index (χ3n) is 7.52. The quantitative estimate of drug-likeness (QED) is 0.135. The van der Waals surface area contributed by atoms with Gasteiger partial charge in [-0.2, -0.15) is 0 Å². The summed E-state index contributed by atoms with van der Waals surface area (Å²) in [5.74, 6) is -1.10. The number of thioether (sulfide) groups is 1. The van der Waals surface area contributed by atoms with Gasteiger partial charge in [-0.25, -0.2) is 23.1 Å². The molecule has 2 fully saturated rings. The summed E-state index contributed by atoms with van der Waals surface area (Å²) < 4.78 is 52.7. The van der Waals surface area contributed by atoms with Crippen LogP contribution in [0.4, 0.5) is 24.7 Å². The number of halogens is 3. The first-order valence-corrected chi connectivity index (χ1v) is 14.9. The van der Waals surface area contributed by atoms with Gasteiger partial charge in [-0.15, -0.1) is 0 Å². The summed E-state index contributed by atoms with van der Waals surface area (Å²) in [7, 11) is 0. The molecule has 2 saturated carbocycles. The van der Waals surface area contributed by atoms with Crippen LogP contribution in [-0.4, -0.2) is 69.4 Å². The lowest BCUT2D eigenvalue weighted by Gasteiger charge is -2.37. The number of fused-ring (bicyclic) bond motifs is 1. The van der Waals surface area contributed by atoms with Gasteiger partial charge in [-0.1, -0.05) is 24.8 Å². The van der Waals surface area contributed by atoms with Crippen molar-refractivity contribution in [1.82, 2.24) is 9.97 Å². The number of benzene rings is 1. The van der Waals surface area contributed by atoms with Crippen LogP contribution in [0.5, 0.6) is 0 Å². The molecule has 0 spiro atoms. The monoisotopic (exact) mass is 583 g/mol. The van der Waals surface area contributed by atoms with Crippen LogP contribution in [0.1, 0.15) is 69.7 Å². The minimum atomic E-state index is -1.47. The van der Waals surface area contributed by atoms with Crippen LogP contribution in [0.2, 0.25) is 0 Å². The topological polar surface area (TPSA) is 111 Å². The van der Waals surface area contributed by atoms with E-state index >= 15 is 0 Å². The van der Waals surface area contributed by atoms with Gasteiger partial charge in [0, 0.05) is 31.6 Å². The van der Waals surface area contributed by atoms with Gasteiger partial charge in [0.05, 0.1) is 37.2 Å². The fourth-order valence-corrected chi connectivity index (χ4v) is 6.25. The zero-order chi connectivity index (χ0) is 28.6. The Hall–Kier alpha value is -2.12. The number of alkyl halides is 1. The van der Waals surface area contributed by atoms with E-state index in [-0.39, 0.29) is 36.6 Å². The van der Waals surface area contributed by atoms with Crippen LogP contribution in [0, 0.1) is 17.6 Å². The molecule has 5 N–H and O–H groups in total. The third kappa shape index (κ3) is 6.67. The third-order valence-corrected chi connectivity index (χ3v) is 8.58. The lowest BCUT2D eigenvalue weighted by Crippen LogP contribution is -2.36. The first-order valence-electron chi connectivity index (χ1n) is 13.9. The van der Waals surface area contributed by atoms with E-state index in [0.717, 1.165) is 41.6 Å². The van der Waals surface area contributed by atoms with E-state index in [1.165, 1.54) is 6.07 Å². The van der Waals surface area contributed by atoms with E-state index in [4.69, 9.17) is 29.7 Å². The molecular formula is C28H38F3N4O4S+. The Kier molecular flexibility index (Phi) is 8.82. The summed E-state index contributed by atoms with van der Waals surface area (Å²) in [5.41, 5.74) is 2.48. The SMILES string of the molecule is CCCSc1nc(N[C@@H]2C[C@H]2c2ccc(F)c(F)c2)c2c(n1)[C@H](C1CC(OCC(F)CO)[C@@H](OC(C)(C)[OH2+])C1)N2. The van der Waals surface area contributed by atoms with Gasteiger partial charge < -0.3 is 30.3 Å². The summed E-state index contributed by atoms with van der Waals surface area (Å²) in [5, 5.41) is 25.0. The Morgan fingerprint density at radius 3 is 2.67 bits per heavy atom. The molecule has 0 saturated heterocycles. The maximum atomic E-state index is 13.8. The van der Waals surface area contributed by atoms with E-state index in [1.807, 2.05) is 0 Å². The van der Waals surface area contributed by atoms with Gasteiger partial charge in [0.15, 0.2) is 22.6 Å². The predicted molar refractivity (Wildman–Crippen MR) is 148 cm³/mol. The van der Waals surface area contributed by atoms with Gasteiger partial charge in [-0.3, -0.25) is 0 Å². The van der Waals surface area contributed by atoms with Crippen LogP contribution in [0.25, 0.3) is 0 Å². The molecule has 8 nitrogen and oxygen atoms in total. The Morgan fingerprint density at radius 1 is 1.20 bits per heavy atom. The summed E-state index contributed by atoms with van der Waals surface area (Å²) in [6.07, 6.45) is 0.726. The van der Waals surface area contributed by atoms with Crippen LogP contribution in [0.15, 0.2) is 23.4 Å². The number of aromatic nitrogens is 2. The number of nitrogens with one attached hydrogen (secondary N) is 2. The molecule has 5 rings (SSSR count). The molecular weight excluding hydrogens is 545 g/mol. The van der Waals surface area contributed by atoms with Crippen molar-refractivity contribution >= 4 is 23.3 Å². The molecule has 12 heteroatoms. The number of aliphatic hydroxyl groups is 1. The van der Waals surface area contributed by atoms with Crippen molar-refractivity contribution in [3.8, 4) is 0 Å². The second-order valence-corrected chi connectivity index (χ2v) is 12.5. The first kappa shape index (κ1) is 29.4. The molecule has 0 radical (unpaired) electrons. The van der Waals surface area contributed by atoms with Crippen LogP contribution < -0.4 is 10.6 Å². The molecule has 2 aliphatic carbocycles. The van der Waals surface area contributed by atoms with Gasteiger partial charge in [0.25, 0.3) is 5.79 Å². The molecule has 1 aliphatic heterocycles. The van der Waals surface area contributed by atoms with Crippen molar-refractivity contribution in [3.63, 3.8) is 0 Å². The van der Waals surface area contributed by atoms with E-state index in [1.54, 1.807) is 31.7 Å². The van der Waals surface area contributed by atoms with Crippen molar-refractivity contribution in [1.29, 1.82) is 0 Å². The molecule has 2 heterocycles. The van der Waals surface area contributed by atoms with Gasteiger partial charge in [0.2, 0.25) is 0 Å². The van der Waals surface area contributed by atoms with Crippen molar-refractivity contribution in [2.24, 2.45) is 5.92 Å². The summed E-state index contributed by atoms with van der Waals surface area (Å²) in [4.78, 5) is 9.63. The van der Waals surface area contributed by atoms with E-state index in [9.17, 15) is 13.2 Å². The number of aliphatic hydroxyl groups excluding tert-OH is 1. The number of hydrogen-bond donors (Lipinski definition) is 3. The lowest BCUT2D eigenvalue weighted by molar-refractivity contribution is -0.225. The highest BCUT2D eigenvalue weighted by Crippen LogP contribution is 2.51. The fourth-order valence-electron chi connectivity index (χ4n) is 5.54. The second kappa shape index (κ2) is 12.0. The fraction of sp³-hybridized carbons (Fsp3) is 0.643. The molecule has 40 heavy (non-hydrogen) atoms. The van der Waals surface area contributed by atoms with Crippen molar-refractivity contribution in [2.75, 3.05) is 29.6 Å². The van der Waals surface area contributed by atoms with E-state index in [0.29, 0.717) is 23.8 Å². The Bertz CT molecular complexity index is 1200. The minimum Gasteiger partial charge on any atom is -0.420 e. The molecule has 3 aliphatic rings. The maximum absolute atomic E-state index is 13.8. The highest BCUT2D eigenvalue weighted by Gasteiger charge is 2.48. The molecule has 3 unspecified atom stereocenters. The van der Waals surface area contributed by atoms with Crippen LogP contribution in [0.3, 0.4) is 0 Å². The molecule has 1 aromatic heterocycles. The summed E-state index contributed by atoms with van der Waals surface area (Å²) >= 11 is 1.59. The summed E-state index contributed by atoms with van der Waals surface area (Å²) in [6.45, 7) is 4.59. The number of anilines is 2. The largest absolute Gasteiger partial charge is 0.420 e. The Balaban J connectivity index is 1.32. The molecule has 0 amide bonds. The molecule has 1 aromatic carbocycles. The normalized spacial score (nSPS) is 28.0. The number of hydrogen-bond acceptors (Lipinski definition) is 8. The molecule has 2 aromatic rings. The standard InChI is InChI=1S/C28H37F3N4O4S/c1-4-7-40-27-34-24-23(15-9-21(38-13-16(29)12-36)22(10-15)39-28(2,3)37)33-25(24)26(35-27)32-20-11-17(20)14-5-6-18(30)19(31)8-14/h5-6,8,15-17,20-23,33,36-37H,4,7,9-13H2,1-3H3,(H,32,34,35)/p+1/t15?,16?,17-,20+,21?,22-,23-/m0/s1. The zero-order valence-corrected chi connectivity index (χ0v) is 23.7. The molecule has 0 bridgehead atoms. The average Bonchev–Trinajstić information content (AvgIpc) is 3.55. The Labute approximate surface area is 236 Å². The van der Waals surface area contributed by atoms with Crippen molar-refractivity contribution in [3.05, 3.63) is 41.1 Å². The minimum absolute atomic E-state index is 0.0511. The zero-order valence-electron chi connectivity index (χ0n) is 22.9. The van der Waals surface area contributed by atoms with Gasteiger partial charge in [0.1, 0.15) is 11.9 Å². The Morgan fingerprint density at radius 2 is 1.98 bits per heavy atom. The highest BCUT2D eigenvalue weighted by atomic mass is 32.2. The van der Waals surface area contributed by atoms with E-state index < -0.39 is 36.3 Å². The van der Waals surface area contributed by atoms with Gasteiger partial charge in [-0.05, 0) is 49.3 Å². The smallest absolute Gasteiger partial charge is 0.267 e. The highest BCUT2D eigenvalue weighted by molar-refractivity contribution is 7.99. The van der Waals surface area contributed by atoms with Crippen molar-refractivity contribution in [2.45, 2.75) is 93.8 Å². The maximum Gasteiger partial charge on any atom is 0.267 e.